The number of aromatic nitrogens is 2. The van der Waals surface area contributed by atoms with Crippen molar-refractivity contribution in [1.29, 1.82) is 0 Å². The van der Waals surface area contributed by atoms with E-state index in [0.29, 0.717) is 12.0 Å². The molecule has 0 amide bonds. The fraction of sp³-hybridized carbons (Fsp3) is 0.824. The first-order chi connectivity index (χ1) is 9.72. The van der Waals surface area contributed by atoms with Gasteiger partial charge in [-0.2, -0.15) is 0 Å². The summed E-state index contributed by atoms with van der Waals surface area (Å²) in [4.78, 5) is 4.99. The molecule has 1 N–H and O–H groups in total. The second kappa shape index (κ2) is 5.88. The van der Waals surface area contributed by atoms with E-state index in [4.69, 9.17) is 4.98 Å². The molecule has 0 radical (unpaired) electrons. The predicted molar refractivity (Wildman–Crippen MR) is 83.0 cm³/mol. The molecule has 0 aromatic carbocycles. The molecule has 3 heteroatoms. The normalized spacial score (nSPS) is 26.8. The quantitative estimate of drug-likeness (QED) is 0.909. The van der Waals surface area contributed by atoms with Gasteiger partial charge in [-0.15, -0.1) is 0 Å². The summed E-state index contributed by atoms with van der Waals surface area (Å²) in [5.74, 6) is 2.72. The maximum Gasteiger partial charge on any atom is 0.112 e. The monoisotopic (exact) mass is 275 g/mol. The molecule has 1 aliphatic carbocycles. The predicted octanol–water partition coefficient (Wildman–Crippen LogP) is 3.79. The zero-order valence-electron chi connectivity index (χ0n) is 13.3. The molecule has 2 heterocycles. The lowest BCUT2D eigenvalue weighted by Crippen LogP contribution is -2.29. The van der Waals surface area contributed by atoms with Gasteiger partial charge in [-0.3, -0.25) is 0 Å². The standard InChI is InChI=1S/C17H29N3/c1-4-13-7-5-6-8-15(13)20-16-9-10-18-11-14(16)19-17(20)12(2)3/h12-13,15,18H,4-11H2,1-3H3. The Morgan fingerprint density at radius 1 is 1.30 bits per heavy atom. The molecular weight excluding hydrogens is 246 g/mol. The molecule has 1 fully saturated rings. The first kappa shape index (κ1) is 14.1. The summed E-state index contributed by atoms with van der Waals surface area (Å²) >= 11 is 0. The zero-order valence-corrected chi connectivity index (χ0v) is 13.3. The van der Waals surface area contributed by atoms with E-state index in [0.717, 1.165) is 25.4 Å². The molecule has 2 atom stereocenters. The molecule has 0 bridgehead atoms. The molecule has 0 spiro atoms. The Balaban J connectivity index is 2.03. The van der Waals surface area contributed by atoms with Gasteiger partial charge in [0.25, 0.3) is 0 Å². The lowest BCUT2D eigenvalue weighted by Gasteiger charge is -2.35. The molecule has 1 saturated carbocycles. The summed E-state index contributed by atoms with van der Waals surface area (Å²) < 4.78 is 2.67. The fourth-order valence-corrected chi connectivity index (χ4v) is 4.14. The SMILES string of the molecule is CCC1CCCCC1n1c(C(C)C)nc2c1CCNC2. The maximum atomic E-state index is 4.99. The van der Waals surface area contributed by atoms with Crippen molar-refractivity contribution in [3.63, 3.8) is 0 Å². The molecule has 2 aliphatic rings. The van der Waals surface area contributed by atoms with Gasteiger partial charge < -0.3 is 9.88 Å². The van der Waals surface area contributed by atoms with Gasteiger partial charge in [-0.1, -0.05) is 40.0 Å². The van der Waals surface area contributed by atoms with Crippen molar-refractivity contribution in [1.82, 2.24) is 14.9 Å². The Hall–Kier alpha value is -0.830. The van der Waals surface area contributed by atoms with Crippen LogP contribution in [0.2, 0.25) is 0 Å². The highest BCUT2D eigenvalue weighted by atomic mass is 15.1. The van der Waals surface area contributed by atoms with Gasteiger partial charge in [0.2, 0.25) is 0 Å². The maximum absolute atomic E-state index is 4.99. The molecule has 0 saturated heterocycles. The third kappa shape index (κ3) is 2.41. The second-order valence-electron chi connectivity index (χ2n) is 6.84. The van der Waals surface area contributed by atoms with Crippen LogP contribution in [0, 0.1) is 5.92 Å². The van der Waals surface area contributed by atoms with E-state index >= 15 is 0 Å². The fourth-order valence-electron chi connectivity index (χ4n) is 4.14. The van der Waals surface area contributed by atoms with E-state index in [9.17, 15) is 0 Å². The van der Waals surface area contributed by atoms with Crippen LogP contribution in [0.1, 0.15) is 82.0 Å². The van der Waals surface area contributed by atoms with Crippen LogP contribution in [0.5, 0.6) is 0 Å². The average Bonchev–Trinajstić information content (AvgIpc) is 2.86. The van der Waals surface area contributed by atoms with E-state index in [1.807, 2.05) is 0 Å². The molecule has 20 heavy (non-hydrogen) atoms. The summed E-state index contributed by atoms with van der Waals surface area (Å²) in [6.45, 7) is 9.03. The Morgan fingerprint density at radius 3 is 2.85 bits per heavy atom. The summed E-state index contributed by atoms with van der Waals surface area (Å²) in [7, 11) is 0. The largest absolute Gasteiger partial charge is 0.328 e. The Morgan fingerprint density at radius 2 is 2.10 bits per heavy atom. The number of rotatable bonds is 3. The number of nitrogens with zero attached hydrogens (tertiary/aromatic N) is 2. The van der Waals surface area contributed by atoms with Crippen molar-refractivity contribution in [3.05, 3.63) is 17.2 Å². The van der Waals surface area contributed by atoms with Crippen molar-refractivity contribution < 1.29 is 0 Å². The summed E-state index contributed by atoms with van der Waals surface area (Å²) in [6, 6.07) is 0.709. The third-order valence-corrected chi connectivity index (χ3v) is 5.19. The highest BCUT2D eigenvalue weighted by molar-refractivity contribution is 5.23. The van der Waals surface area contributed by atoms with Crippen molar-refractivity contribution >= 4 is 0 Å². The highest BCUT2D eigenvalue weighted by Gasteiger charge is 2.31. The van der Waals surface area contributed by atoms with Crippen LogP contribution < -0.4 is 5.32 Å². The molecular formula is C17H29N3. The van der Waals surface area contributed by atoms with Crippen LogP contribution in [-0.4, -0.2) is 16.1 Å². The van der Waals surface area contributed by atoms with Gasteiger partial charge >= 0.3 is 0 Å². The minimum absolute atomic E-state index is 0.528. The summed E-state index contributed by atoms with van der Waals surface area (Å²) in [6.07, 6.45) is 8.04. The highest BCUT2D eigenvalue weighted by Crippen LogP contribution is 2.39. The smallest absolute Gasteiger partial charge is 0.112 e. The molecule has 1 aromatic rings. The minimum atomic E-state index is 0.528. The van der Waals surface area contributed by atoms with E-state index < -0.39 is 0 Å². The number of fused-ring (bicyclic) bond motifs is 1. The molecule has 3 nitrogen and oxygen atoms in total. The lowest BCUT2D eigenvalue weighted by atomic mass is 9.82. The Labute approximate surface area is 123 Å². The molecule has 3 rings (SSSR count). The van der Waals surface area contributed by atoms with Gasteiger partial charge in [0, 0.05) is 37.2 Å². The minimum Gasteiger partial charge on any atom is -0.328 e. The number of hydrogen-bond donors (Lipinski definition) is 1. The van der Waals surface area contributed by atoms with Gasteiger partial charge in [-0.05, 0) is 18.8 Å². The van der Waals surface area contributed by atoms with Crippen molar-refractivity contribution in [2.75, 3.05) is 6.54 Å². The van der Waals surface area contributed by atoms with Crippen LogP contribution >= 0.6 is 0 Å². The first-order valence-electron chi connectivity index (χ1n) is 8.53. The summed E-state index contributed by atoms with van der Waals surface area (Å²) in [5.41, 5.74) is 2.86. The van der Waals surface area contributed by atoms with Crippen LogP contribution in [0.4, 0.5) is 0 Å². The molecule has 112 valence electrons. The summed E-state index contributed by atoms with van der Waals surface area (Å²) in [5, 5.41) is 3.47. The third-order valence-electron chi connectivity index (χ3n) is 5.19. The van der Waals surface area contributed by atoms with Crippen molar-refractivity contribution in [2.45, 2.75) is 77.8 Å². The first-order valence-corrected chi connectivity index (χ1v) is 8.53. The van der Waals surface area contributed by atoms with Crippen LogP contribution in [0.15, 0.2) is 0 Å². The van der Waals surface area contributed by atoms with Crippen molar-refractivity contribution in [3.8, 4) is 0 Å². The van der Waals surface area contributed by atoms with Crippen molar-refractivity contribution in [2.24, 2.45) is 5.92 Å². The molecule has 1 aliphatic heterocycles. The van der Waals surface area contributed by atoms with Crippen LogP contribution in [0.25, 0.3) is 0 Å². The Kier molecular flexibility index (Phi) is 4.16. The molecule has 1 aromatic heterocycles. The van der Waals surface area contributed by atoms with Crippen LogP contribution in [-0.2, 0) is 13.0 Å². The van der Waals surface area contributed by atoms with Gasteiger partial charge in [-0.25, -0.2) is 4.98 Å². The number of nitrogens with one attached hydrogen (secondary N) is 1. The van der Waals surface area contributed by atoms with E-state index in [1.165, 1.54) is 49.3 Å². The number of hydrogen-bond acceptors (Lipinski definition) is 2. The lowest BCUT2D eigenvalue weighted by molar-refractivity contribution is 0.222. The Bertz CT molecular complexity index is 461. The van der Waals surface area contributed by atoms with Crippen LogP contribution in [0.3, 0.4) is 0 Å². The second-order valence-corrected chi connectivity index (χ2v) is 6.84. The average molecular weight is 275 g/mol. The van der Waals surface area contributed by atoms with Gasteiger partial charge in [0.15, 0.2) is 0 Å². The number of imidazole rings is 1. The van der Waals surface area contributed by atoms with E-state index in [2.05, 4.69) is 30.7 Å². The molecule has 2 unspecified atom stereocenters. The van der Waals surface area contributed by atoms with Gasteiger partial charge in [0.1, 0.15) is 5.82 Å². The van der Waals surface area contributed by atoms with E-state index in [1.54, 1.807) is 0 Å². The van der Waals surface area contributed by atoms with E-state index in [-0.39, 0.29) is 0 Å². The zero-order chi connectivity index (χ0) is 14.1. The topological polar surface area (TPSA) is 29.9 Å². The van der Waals surface area contributed by atoms with Gasteiger partial charge in [0.05, 0.1) is 5.69 Å².